The van der Waals surface area contributed by atoms with Crippen molar-refractivity contribution in [1.29, 1.82) is 0 Å². The van der Waals surface area contributed by atoms with Crippen molar-refractivity contribution in [3.05, 3.63) is 44.9 Å². The number of rotatable bonds is 4. The molecule has 0 saturated heterocycles. The third-order valence-corrected chi connectivity index (χ3v) is 3.79. The Hall–Kier alpha value is -1.10. The molecule has 2 N–H and O–H groups in total. The minimum absolute atomic E-state index is 0.0345. The van der Waals surface area contributed by atoms with Gasteiger partial charge in [-0.25, -0.2) is 4.98 Å². The van der Waals surface area contributed by atoms with E-state index < -0.39 is 0 Å². The van der Waals surface area contributed by atoms with Gasteiger partial charge in [0.1, 0.15) is 17.4 Å². The number of nitrogens with two attached hydrogens (primary N) is 1. The molecule has 0 aliphatic rings. The van der Waals surface area contributed by atoms with Gasteiger partial charge >= 0.3 is 0 Å². The number of nitrogens with zero attached hydrogens (tertiary/aromatic N) is 1. The minimum atomic E-state index is -0.0345. The van der Waals surface area contributed by atoms with Crippen molar-refractivity contribution >= 4 is 22.9 Å². The molecule has 5 heteroatoms. The fourth-order valence-corrected chi connectivity index (χ4v) is 2.38. The molecule has 1 aromatic heterocycles. The van der Waals surface area contributed by atoms with Crippen molar-refractivity contribution in [2.75, 3.05) is 0 Å². The maximum Gasteiger partial charge on any atom is 0.140 e. The predicted molar refractivity (Wildman–Crippen MR) is 75.2 cm³/mol. The van der Waals surface area contributed by atoms with Crippen LogP contribution in [-0.4, -0.2) is 4.98 Å². The second kappa shape index (κ2) is 5.69. The highest BCUT2D eigenvalue weighted by molar-refractivity contribution is 7.09. The molecule has 0 saturated carbocycles. The van der Waals surface area contributed by atoms with Crippen LogP contribution >= 0.6 is 22.9 Å². The first kappa shape index (κ1) is 13.3. The zero-order valence-electron chi connectivity index (χ0n) is 10.3. The van der Waals surface area contributed by atoms with E-state index in [2.05, 4.69) is 4.98 Å². The summed E-state index contributed by atoms with van der Waals surface area (Å²) in [6, 6.07) is 5.58. The fourth-order valence-electron chi connectivity index (χ4n) is 1.45. The van der Waals surface area contributed by atoms with Gasteiger partial charge in [0.2, 0.25) is 0 Å². The highest BCUT2D eigenvalue weighted by Gasteiger charge is 2.06. The number of hydrogen-bond donors (Lipinski definition) is 1. The molecular formula is C13H15ClN2OS. The van der Waals surface area contributed by atoms with E-state index in [9.17, 15) is 0 Å². The predicted octanol–water partition coefficient (Wildman–Crippen LogP) is 3.70. The Morgan fingerprint density at radius 3 is 2.89 bits per heavy atom. The fraction of sp³-hybridized carbons (Fsp3) is 0.308. The third-order valence-electron chi connectivity index (χ3n) is 2.53. The van der Waals surface area contributed by atoms with E-state index in [0.29, 0.717) is 6.61 Å². The number of halogens is 1. The molecule has 2 rings (SSSR count). The molecule has 18 heavy (non-hydrogen) atoms. The second-order valence-corrected chi connectivity index (χ2v) is 5.50. The van der Waals surface area contributed by atoms with Crippen molar-refractivity contribution in [2.45, 2.75) is 26.5 Å². The summed E-state index contributed by atoms with van der Waals surface area (Å²) in [6.45, 7) is 4.33. The quantitative estimate of drug-likeness (QED) is 0.930. The Morgan fingerprint density at radius 1 is 1.50 bits per heavy atom. The molecule has 0 aliphatic heterocycles. The number of hydrogen-bond acceptors (Lipinski definition) is 4. The maximum atomic E-state index is 5.96. The Labute approximate surface area is 116 Å². The number of benzene rings is 1. The molecule has 2 aromatic rings. The molecule has 0 bridgehead atoms. The molecule has 1 aromatic carbocycles. The Kier molecular flexibility index (Phi) is 4.22. The molecule has 0 radical (unpaired) electrons. The molecule has 1 unspecified atom stereocenters. The topological polar surface area (TPSA) is 48.1 Å². The number of aromatic nitrogens is 1. The monoisotopic (exact) mass is 282 g/mol. The molecule has 1 heterocycles. The van der Waals surface area contributed by atoms with Gasteiger partial charge in [0.25, 0.3) is 0 Å². The summed E-state index contributed by atoms with van der Waals surface area (Å²) in [5.41, 5.74) is 7.67. The van der Waals surface area contributed by atoms with Gasteiger partial charge in [-0.05, 0) is 37.6 Å². The largest absolute Gasteiger partial charge is 0.486 e. The molecule has 0 fully saturated rings. The summed E-state index contributed by atoms with van der Waals surface area (Å²) in [6.07, 6.45) is 0. The summed E-state index contributed by atoms with van der Waals surface area (Å²) < 4.78 is 5.67. The highest BCUT2D eigenvalue weighted by Crippen LogP contribution is 2.22. The van der Waals surface area contributed by atoms with E-state index in [1.807, 2.05) is 37.4 Å². The maximum absolute atomic E-state index is 5.96. The van der Waals surface area contributed by atoms with Crippen LogP contribution in [0.3, 0.4) is 0 Å². The van der Waals surface area contributed by atoms with Crippen molar-refractivity contribution in [3.63, 3.8) is 0 Å². The second-order valence-electron chi connectivity index (χ2n) is 4.15. The number of ether oxygens (including phenoxy) is 1. The van der Waals surface area contributed by atoms with E-state index in [-0.39, 0.29) is 6.04 Å². The van der Waals surface area contributed by atoms with Gasteiger partial charge in [-0.15, -0.1) is 11.3 Å². The minimum Gasteiger partial charge on any atom is -0.486 e. The highest BCUT2D eigenvalue weighted by atomic mass is 35.5. The smallest absolute Gasteiger partial charge is 0.140 e. The summed E-state index contributed by atoms with van der Waals surface area (Å²) >= 11 is 7.52. The van der Waals surface area contributed by atoms with Gasteiger partial charge in [-0.2, -0.15) is 0 Å². The lowest BCUT2D eigenvalue weighted by molar-refractivity contribution is 0.305. The summed E-state index contributed by atoms with van der Waals surface area (Å²) in [4.78, 5) is 4.41. The molecule has 0 amide bonds. The van der Waals surface area contributed by atoms with Gasteiger partial charge in [0, 0.05) is 16.4 Å². The van der Waals surface area contributed by atoms with Crippen LogP contribution in [0.4, 0.5) is 0 Å². The Bertz CT molecular complexity index is 540. The molecular weight excluding hydrogens is 268 g/mol. The van der Waals surface area contributed by atoms with E-state index in [1.54, 1.807) is 11.3 Å². The van der Waals surface area contributed by atoms with Crippen molar-refractivity contribution < 1.29 is 4.74 Å². The summed E-state index contributed by atoms with van der Waals surface area (Å²) in [7, 11) is 0. The van der Waals surface area contributed by atoms with Gasteiger partial charge in [0.15, 0.2) is 0 Å². The van der Waals surface area contributed by atoms with Crippen LogP contribution in [0.1, 0.15) is 29.2 Å². The van der Waals surface area contributed by atoms with Crippen LogP contribution in [0.15, 0.2) is 23.6 Å². The Morgan fingerprint density at radius 2 is 2.28 bits per heavy atom. The van der Waals surface area contributed by atoms with E-state index in [4.69, 9.17) is 22.1 Å². The van der Waals surface area contributed by atoms with E-state index in [1.165, 1.54) is 0 Å². The SMILES string of the molecule is Cc1cc(OCc2nc(C(C)N)cs2)ccc1Cl. The van der Waals surface area contributed by atoms with Crippen molar-refractivity contribution in [3.8, 4) is 5.75 Å². The zero-order valence-corrected chi connectivity index (χ0v) is 11.9. The van der Waals surface area contributed by atoms with Crippen LogP contribution in [0.25, 0.3) is 0 Å². The van der Waals surface area contributed by atoms with Gasteiger partial charge in [-0.3, -0.25) is 0 Å². The number of aryl methyl sites for hydroxylation is 1. The normalized spacial score (nSPS) is 12.4. The average Bonchev–Trinajstić information content (AvgIpc) is 2.79. The lowest BCUT2D eigenvalue weighted by atomic mass is 10.2. The van der Waals surface area contributed by atoms with Crippen LogP contribution in [0.2, 0.25) is 5.02 Å². The average molecular weight is 283 g/mol. The van der Waals surface area contributed by atoms with Gasteiger partial charge < -0.3 is 10.5 Å². The van der Waals surface area contributed by atoms with Crippen LogP contribution in [0, 0.1) is 6.92 Å². The van der Waals surface area contributed by atoms with E-state index in [0.717, 1.165) is 27.0 Å². The number of thiazole rings is 1. The molecule has 3 nitrogen and oxygen atoms in total. The van der Waals surface area contributed by atoms with Crippen molar-refractivity contribution in [1.82, 2.24) is 4.98 Å². The van der Waals surface area contributed by atoms with Crippen molar-refractivity contribution in [2.24, 2.45) is 5.73 Å². The lowest BCUT2D eigenvalue weighted by Gasteiger charge is -2.06. The first-order valence-corrected chi connectivity index (χ1v) is 6.91. The first-order chi connectivity index (χ1) is 8.56. The standard InChI is InChI=1S/C13H15ClN2OS/c1-8-5-10(3-4-11(8)14)17-6-13-16-12(7-18-13)9(2)15/h3-5,7,9H,6,15H2,1-2H3. The Balaban J connectivity index is 2.00. The van der Waals surface area contributed by atoms with Gasteiger partial charge in [0.05, 0.1) is 5.69 Å². The first-order valence-electron chi connectivity index (χ1n) is 5.65. The third kappa shape index (κ3) is 3.22. The van der Waals surface area contributed by atoms with E-state index >= 15 is 0 Å². The van der Waals surface area contributed by atoms with Gasteiger partial charge in [-0.1, -0.05) is 11.6 Å². The van der Waals surface area contributed by atoms with Crippen LogP contribution < -0.4 is 10.5 Å². The molecule has 1 atom stereocenters. The zero-order chi connectivity index (χ0) is 13.1. The summed E-state index contributed by atoms with van der Waals surface area (Å²) in [5.74, 6) is 0.800. The molecule has 96 valence electrons. The molecule has 0 aliphatic carbocycles. The summed E-state index contributed by atoms with van der Waals surface area (Å²) in [5, 5.41) is 3.64. The lowest BCUT2D eigenvalue weighted by Crippen LogP contribution is -2.05. The van der Waals surface area contributed by atoms with Crippen LogP contribution in [-0.2, 0) is 6.61 Å². The van der Waals surface area contributed by atoms with Crippen LogP contribution in [0.5, 0.6) is 5.75 Å². The molecule has 0 spiro atoms.